The van der Waals surface area contributed by atoms with E-state index in [0.717, 1.165) is 11.1 Å². The molecule has 0 bridgehead atoms. The molecule has 21 heavy (non-hydrogen) atoms. The molecule has 1 aromatic carbocycles. The van der Waals surface area contributed by atoms with E-state index in [4.69, 9.17) is 0 Å². The molecule has 0 saturated carbocycles. The van der Waals surface area contributed by atoms with Gasteiger partial charge in [0.15, 0.2) is 0 Å². The third-order valence-electron chi connectivity index (χ3n) is 3.44. The van der Waals surface area contributed by atoms with E-state index in [1.807, 2.05) is 50.2 Å². The zero-order chi connectivity index (χ0) is 16.0. The summed E-state index contributed by atoms with van der Waals surface area (Å²) in [6.45, 7) is 2.42. The maximum Gasteiger partial charge on any atom is 0.244 e. The van der Waals surface area contributed by atoms with Crippen LogP contribution in [-0.2, 0) is 9.59 Å². The Morgan fingerprint density at radius 3 is 2.43 bits per heavy atom. The lowest BCUT2D eigenvalue weighted by atomic mass is 10.0. The molecule has 0 aromatic heterocycles. The molecular weight excluding hydrogens is 266 g/mol. The van der Waals surface area contributed by atoms with E-state index in [1.165, 1.54) is 0 Å². The van der Waals surface area contributed by atoms with Crippen molar-refractivity contribution in [2.75, 3.05) is 34.7 Å². The molecule has 116 valence electrons. The number of nitrogens with one attached hydrogen (secondary N) is 1. The Hall–Kier alpha value is -1.88. The average molecular weight is 291 g/mol. The first-order valence-electron chi connectivity index (χ1n) is 7.05. The average Bonchev–Trinajstić information content (AvgIpc) is 2.44. The lowest BCUT2D eigenvalue weighted by molar-refractivity contribution is -0.135. The number of hydrogen-bond donors (Lipinski definition) is 1. The quantitative estimate of drug-likeness (QED) is 0.856. The molecule has 1 aromatic rings. The van der Waals surface area contributed by atoms with E-state index < -0.39 is 0 Å². The van der Waals surface area contributed by atoms with Crippen LogP contribution in [-0.4, -0.2) is 56.3 Å². The number of nitrogens with zero attached hydrogens (tertiary/aromatic N) is 2. The number of hydrogen-bond acceptors (Lipinski definition) is 3. The van der Waals surface area contributed by atoms with Crippen LogP contribution in [0.2, 0.25) is 0 Å². The minimum absolute atomic E-state index is 0.00509. The maximum absolute atomic E-state index is 12.6. The van der Waals surface area contributed by atoms with Crippen molar-refractivity contribution >= 4 is 11.8 Å². The smallest absolute Gasteiger partial charge is 0.244 e. The van der Waals surface area contributed by atoms with Crippen molar-refractivity contribution < 1.29 is 9.59 Å². The normalized spacial score (nSPS) is 12.1. The summed E-state index contributed by atoms with van der Waals surface area (Å²) in [4.78, 5) is 27.5. The molecule has 0 saturated heterocycles. The Kier molecular flexibility index (Phi) is 6.37. The molecule has 0 radical (unpaired) electrons. The monoisotopic (exact) mass is 291 g/mol. The molecule has 2 amide bonds. The van der Waals surface area contributed by atoms with E-state index in [1.54, 1.807) is 19.0 Å². The molecule has 1 rings (SSSR count). The first kappa shape index (κ1) is 17.2. The van der Waals surface area contributed by atoms with Crippen molar-refractivity contribution in [3.05, 3.63) is 35.4 Å². The van der Waals surface area contributed by atoms with Crippen LogP contribution in [0.5, 0.6) is 0 Å². The second kappa shape index (κ2) is 7.78. The van der Waals surface area contributed by atoms with Gasteiger partial charge < -0.3 is 10.2 Å². The van der Waals surface area contributed by atoms with Crippen LogP contribution in [0, 0.1) is 6.92 Å². The van der Waals surface area contributed by atoms with Crippen molar-refractivity contribution in [2.24, 2.45) is 0 Å². The molecule has 5 heteroatoms. The number of benzene rings is 1. The van der Waals surface area contributed by atoms with Crippen molar-refractivity contribution in [2.45, 2.75) is 19.4 Å². The summed E-state index contributed by atoms with van der Waals surface area (Å²) in [5.74, 6) is -0.0684. The number of rotatable bonds is 6. The number of carbonyl (C=O) groups is 2. The van der Waals surface area contributed by atoms with Gasteiger partial charge in [0.25, 0.3) is 0 Å². The molecule has 0 aliphatic carbocycles. The van der Waals surface area contributed by atoms with Crippen molar-refractivity contribution in [1.29, 1.82) is 0 Å². The van der Waals surface area contributed by atoms with Crippen molar-refractivity contribution in [3.8, 4) is 0 Å². The highest BCUT2D eigenvalue weighted by atomic mass is 16.2. The SMILES string of the molecule is CNC(=O)CCN(C)C(=O)[C@@H](c1cccc(C)c1)N(C)C. The predicted molar refractivity (Wildman–Crippen MR) is 83.9 cm³/mol. The Morgan fingerprint density at radius 1 is 1.24 bits per heavy atom. The Balaban J connectivity index is 2.85. The van der Waals surface area contributed by atoms with Crippen LogP contribution >= 0.6 is 0 Å². The van der Waals surface area contributed by atoms with Gasteiger partial charge >= 0.3 is 0 Å². The fourth-order valence-electron chi connectivity index (χ4n) is 2.21. The van der Waals surface area contributed by atoms with Crippen molar-refractivity contribution in [1.82, 2.24) is 15.1 Å². The van der Waals surface area contributed by atoms with Gasteiger partial charge in [-0.3, -0.25) is 14.5 Å². The van der Waals surface area contributed by atoms with Crippen molar-refractivity contribution in [3.63, 3.8) is 0 Å². The highest BCUT2D eigenvalue weighted by Gasteiger charge is 2.26. The molecular formula is C16H25N3O2. The number of amides is 2. The van der Waals surface area contributed by atoms with Gasteiger partial charge in [-0.05, 0) is 26.6 Å². The van der Waals surface area contributed by atoms with Crippen LogP contribution < -0.4 is 5.32 Å². The third kappa shape index (κ3) is 4.86. The number of aryl methyl sites for hydroxylation is 1. The van der Waals surface area contributed by atoms with Gasteiger partial charge in [0, 0.05) is 27.1 Å². The van der Waals surface area contributed by atoms with E-state index >= 15 is 0 Å². The van der Waals surface area contributed by atoms with Crippen LogP contribution in [0.3, 0.4) is 0 Å². The first-order chi connectivity index (χ1) is 9.86. The molecule has 0 fully saturated rings. The fourth-order valence-corrected chi connectivity index (χ4v) is 2.21. The van der Waals surface area contributed by atoms with Crippen LogP contribution in [0.15, 0.2) is 24.3 Å². The highest BCUT2D eigenvalue weighted by molar-refractivity contribution is 5.84. The van der Waals surface area contributed by atoms with Gasteiger partial charge in [0.05, 0.1) is 0 Å². The summed E-state index contributed by atoms with van der Waals surface area (Å²) in [5.41, 5.74) is 2.09. The van der Waals surface area contributed by atoms with Crippen LogP contribution in [0.4, 0.5) is 0 Å². The largest absolute Gasteiger partial charge is 0.359 e. The van der Waals surface area contributed by atoms with Gasteiger partial charge in [0.2, 0.25) is 11.8 Å². The molecule has 1 atom stereocenters. The Bertz CT molecular complexity index is 500. The number of carbonyl (C=O) groups excluding carboxylic acids is 2. The van der Waals surface area contributed by atoms with E-state index in [9.17, 15) is 9.59 Å². The summed E-state index contributed by atoms with van der Waals surface area (Å²) in [6, 6.07) is 7.62. The van der Waals surface area contributed by atoms with Gasteiger partial charge in [-0.1, -0.05) is 29.8 Å². The zero-order valence-corrected chi connectivity index (χ0v) is 13.5. The number of likely N-dealkylation sites (N-methyl/N-ethyl adjacent to an activating group) is 2. The van der Waals surface area contributed by atoms with Gasteiger partial charge in [0.1, 0.15) is 6.04 Å². The van der Waals surface area contributed by atoms with E-state index in [2.05, 4.69) is 5.32 Å². The molecule has 0 unspecified atom stereocenters. The van der Waals surface area contributed by atoms with Gasteiger partial charge in [-0.25, -0.2) is 0 Å². The second-order valence-electron chi connectivity index (χ2n) is 5.46. The van der Waals surface area contributed by atoms with Gasteiger partial charge in [-0.15, -0.1) is 0 Å². The maximum atomic E-state index is 12.6. The lowest BCUT2D eigenvalue weighted by Gasteiger charge is -2.28. The fraction of sp³-hybridized carbons (Fsp3) is 0.500. The Morgan fingerprint density at radius 2 is 1.90 bits per heavy atom. The molecule has 0 aliphatic rings. The third-order valence-corrected chi connectivity index (χ3v) is 3.44. The standard InChI is InChI=1S/C16H25N3O2/c1-12-7-6-8-13(11-12)15(18(3)4)16(21)19(5)10-9-14(20)17-2/h6-8,11,15H,9-10H2,1-5H3,(H,17,20)/t15-/m1/s1. The summed E-state index contributed by atoms with van der Waals surface area (Å²) in [7, 11) is 7.10. The first-order valence-corrected chi connectivity index (χ1v) is 7.05. The predicted octanol–water partition coefficient (Wildman–Crippen LogP) is 1.19. The van der Waals surface area contributed by atoms with Crippen LogP contribution in [0.1, 0.15) is 23.6 Å². The molecule has 0 heterocycles. The highest BCUT2D eigenvalue weighted by Crippen LogP contribution is 2.21. The summed E-state index contributed by atoms with van der Waals surface area (Å²) < 4.78 is 0. The summed E-state index contributed by atoms with van der Waals surface area (Å²) in [5, 5.41) is 2.56. The minimum atomic E-state index is -0.334. The topological polar surface area (TPSA) is 52.7 Å². The minimum Gasteiger partial charge on any atom is -0.359 e. The lowest BCUT2D eigenvalue weighted by Crippen LogP contribution is -2.39. The summed E-state index contributed by atoms with van der Waals surface area (Å²) in [6.07, 6.45) is 0.312. The zero-order valence-electron chi connectivity index (χ0n) is 13.5. The molecule has 1 N–H and O–H groups in total. The Labute approximate surface area is 126 Å². The summed E-state index contributed by atoms with van der Waals surface area (Å²) >= 11 is 0. The van der Waals surface area contributed by atoms with Crippen LogP contribution in [0.25, 0.3) is 0 Å². The molecule has 0 aliphatic heterocycles. The van der Waals surface area contributed by atoms with Gasteiger partial charge in [-0.2, -0.15) is 0 Å². The molecule has 5 nitrogen and oxygen atoms in total. The van der Waals surface area contributed by atoms with E-state index in [-0.39, 0.29) is 17.9 Å². The van der Waals surface area contributed by atoms with E-state index in [0.29, 0.717) is 13.0 Å². The molecule has 0 spiro atoms. The second-order valence-corrected chi connectivity index (χ2v) is 5.46.